The molecule has 3 aromatic rings. The molecular weight excluding hydrogens is 334 g/mol. The Kier molecular flexibility index (Phi) is 5.09. The Hall–Kier alpha value is -2.73. The van der Waals surface area contributed by atoms with Crippen LogP contribution in [0.25, 0.3) is 10.9 Å². The van der Waals surface area contributed by atoms with Gasteiger partial charge in [0.2, 0.25) is 0 Å². The summed E-state index contributed by atoms with van der Waals surface area (Å²) in [5.74, 6) is 1.44. The van der Waals surface area contributed by atoms with Crippen molar-refractivity contribution >= 4 is 33.9 Å². The third-order valence-electron chi connectivity index (χ3n) is 3.93. The van der Waals surface area contributed by atoms with E-state index in [0.29, 0.717) is 17.4 Å². The Bertz CT molecular complexity index is 905. The maximum atomic E-state index is 5.40. The van der Waals surface area contributed by atoms with Gasteiger partial charge < -0.3 is 25.1 Å². The minimum absolute atomic E-state index is 0.525. The summed E-state index contributed by atoms with van der Waals surface area (Å²) in [6.07, 6.45) is 0. The Morgan fingerprint density at radius 2 is 1.92 bits per heavy atom. The van der Waals surface area contributed by atoms with Crippen LogP contribution < -0.4 is 20.1 Å². The molecule has 6 heteroatoms. The summed E-state index contributed by atoms with van der Waals surface area (Å²) < 4.78 is 10.6. The molecule has 0 aliphatic carbocycles. The maximum Gasteiger partial charge on any atom is 0.171 e. The quantitative estimate of drug-likeness (QED) is 0.605. The molecule has 0 amide bonds. The summed E-state index contributed by atoms with van der Waals surface area (Å²) in [6, 6.07) is 14.0. The molecule has 0 saturated heterocycles. The predicted molar refractivity (Wildman–Crippen MR) is 106 cm³/mol. The fourth-order valence-corrected chi connectivity index (χ4v) is 2.88. The van der Waals surface area contributed by atoms with E-state index in [1.54, 1.807) is 14.2 Å². The van der Waals surface area contributed by atoms with Gasteiger partial charge in [-0.15, -0.1) is 0 Å². The summed E-state index contributed by atoms with van der Waals surface area (Å²) in [6.45, 7) is 2.69. The number of benzene rings is 2. The van der Waals surface area contributed by atoms with E-state index in [4.69, 9.17) is 21.7 Å². The van der Waals surface area contributed by atoms with Crippen LogP contribution >= 0.6 is 12.2 Å². The topological polar surface area (TPSA) is 58.3 Å². The number of rotatable bonds is 5. The summed E-state index contributed by atoms with van der Waals surface area (Å²) in [5.41, 5.74) is 4.22. The third kappa shape index (κ3) is 4.03. The lowest BCUT2D eigenvalue weighted by molar-refractivity contribution is 0.405. The normalized spacial score (nSPS) is 10.5. The second-order valence-electron chi connectivity index (χ2n) is 5.75. The molecule has 0 fully saturated rings. The molecule has 1 heterocycles. The average molecular weight is 355 g/mol. The molecule has 0 aliphatic rings. The number of aromatic nitrogens is 1. The highest BCUT2D eigenvalue weighted by molar-refractivity contribution is 7.80. The van der Waals surface area contributed by atoms with Crippen molar-refractivity contribution in [3.05, 3.63) is 53.7 Å². The van der Waals surface area contributed by atoms with Gasteiger partial charge in [0.25, 0.3) is 0 Å². The average Bonchev–Trinajstić information content (AvgIpc) is 2.99. The van der Waals surface area contributed by atoms with Gasteiger partial charge in [-0.3, -0.25) is 0 Å². The summed E-state index contributed by atoms with van der Waals surface area (Å²) in [4.78, 5) is 3.32. The largest absolute Gasteiger partial charge is 0.497 e. The lowest BCUT2D eigenvalue weighted by atomic mass is 10.1. The van der Waals surface area contributed by atoms with Crippen molar-refractivity contribution < 1.29 is 9.47 Å². The molecule has 0 aliphatic heterocycles. The monoisotopic (exact) mass is 355 g/mol. The van der Waals surface area contributed by atoms with E-state index in [0.717, 1.165) is 28.2 Å². The van der Waals surface area contributed by atoms with Crippen molar-refractivity contribution in [3.63, 3.8) is 0 Å². The van der Waals surface area contributed by atoms with E-state index >= 15 is 0 Å². The number of aryl methyl sites for hydroxylation is 1. The van der Waals surface area contributed by atoms with Crippen LogP contribution in [0.4, 0.5) is 5.69 Å². The number of aromatic amines is 1. The lowest BCUT2D eigenvalue weighted by Gasteiger charge is -2.14. The van der Waals surface area contributed by atoms with Gasteiger partial charge in [0, 0.05) is 23.8 Å². The Morgan fingerprint density at radius 1 is 1.08 bits per heavy atom. The molecule has 1 aromatic heterocycles. The van der Waals surface area contributed by atoms with Crippen LogP contribution in [0.1, 0.15) is 11.3 Å². The smallest absolute Gasteiger partial charge is 0.171 e. The predicted octanol–water partition coefficient (Wildman–Crippen LogP) is 3.98. The highest BCUT2D eigenvalue weighted by Gasteiger charge is 2.07. The fourth-order valence-electron chi connectivity index (χ4n) is 2.70. The van der Waals surface area contributed by atoms with Gasteiger partial charge in [0.05, 0.1) is 19.9 Å². The minimum atomic E-state index is 0.525. The number of hydrogen-bond donors (Lipinski definition) is 3. The third-order valence-corrected chi connectivity index (χ3v) is 4.17. The highest BCUT2D eigenvalue weighted by Crippen LogP contribution is 2.28. The molecular formula is C19H21N3O2S. The number of hydrogen-bond acceptors (Lipinski definition) is 3. The second-order valence-corrected chi connectivity index (χ2v) is 6.16. The first-order chi connectivity index (χ1) is 12.1. The highest BCUT2D eigenvalue weighted by atomic mass is 32.1. The fraction of sp³-hybridized carbons (Fsp3) is 0.211. The SMILES string of the molecule is COc1ccc(OC)c(NC(=S)NCc2ccc3[nH]c(C)cc3c2)c1. The van der Waals surface area contributed by atoms with Crippen molar-refractivity contribution in [2.45, 2.75) is 13.5 Å². The van der Waals surface area contributed by atoms with Crippen molar-refractivity contribution in [2.75, 3.05) is 19.5 Å². The Balaban J connectivity index is 1.65. The Labute approximate surface area is 152 Å². The number of methoxy groups -OCH3 is 2. The molecule has 3 rings (SSSR count). The summed E-state index contributed by atoms with van der Waals surface area (Å²) >= 11 is 5.40. The van der Waals surface area contributed by atoms with Gasteiger partial charge >= 0.3 is 0 Å². The van der Waals surface area contributed by atoms with Crippen LogP contribution in [0.2, 0.25) is 0 Å². The summed E-state index contributed by atoms with van der Waals surface area (Å²) in [5, 5.41) is 8.10. The number of thiocarbonyl (C=S) groups is 1. The van der Waals surface area contributed by atoms with Crippen molar-refractivity contribution in [1.82, 2.24) is 10.3 Å². The molecule has 3 N–H and O–H groups in total. The molecule has 130 valence electrons. The van der Waals surface area contributed by atoms with E-state index in [1.165, 1.54) is 5.39 Å². The summed E-state index contributed by atoms with van der Waals surface area (Å²) in [7, 11) is 3.25. The van der Waals surface area contributed by atoms with Crippen molar-refractivity contribution in [1.29, 1.82) is 0 Å². The molecule has 0 radical (unpaired) electrons. The van der Waals surface area contributed by atoms with Crippen LogP contribution in [0.15, 0.2) is 42.5 Å². The van der Waals surface area contributed by atoms with Gasteiger partial charge in [0.1, 0.15) is 11.5 Å². The zero-order valence-corrected chi connectivity index (χ0v) is 15.3. The standard InChI is InChI=1S/C19H21N3O2S/c1-12-8-14-9-13(4-6-16(14)21-12)11-20-19(25)22-17-10-15(23-2)5-7-18(17)24-3/h4-10,21H,11H2,1-3H3,(H2,20,22,25). The molecule has 0 spiro atoms. The first-order valence-electron chi connectivity index (χ1n) is 7.94. The zero-order chi connectivity index (χ0) is 17.8. The van der Waals surface area contributed by atoms with Gasteiger partial charge in [-0.1, -0.05) is 6.07 Å². The molecule has 0 bridgehead atoms. The van der Waals surface area contributed by atoms with Crippen LogP contribution in [0, 0.1) is 6.92 Å². The molecule has 0 atom stereocenters. The van der Waals surface area contributed by atoms with Crippen molar-refractivity contribution in [2.24, 2.45) is 0 Å². The molecule has 0 unspecified atom stereocenters. The number of ether oxygens (including phenoxy) is 2. The number of H-pyrrole nitrogens is 1. The van der Waals surface area contributed by atoms with Crippen molar-refractivity contribution in [3.8, 4) is 11.5 Å². The molecule has 5 nitrogen and oxygen atoms in total. The number of fused-ring (bicyclic) bond motifs is 1. The van der Waals surface area contributed by atoms with E-state index in [-0.39, 0.29) is 0 Å². The van der Waals surface area contributed by atoms with Crippen LogP contribution in [-0.4, -0.2) is 24.3 Å². The zero-order valence-electron chi connectivity index (χ0n) is 14.5. The van der Waals surface area contributed by atoms with Crippen LogP contribution in [0.3, 0.4) is 0 Å². The lowest BCUT2D eigenvalue weighted by Crippen LogP contribution is -2.28. The van der Waals surface area contributed by atoms with Gasteiger partial charge in [0.15, 0.2) is 5.11 Å². The Morgan fingerprint density at radius 3 is 2.68 bits per heavy atom. The minimum Gasteiger partial charge on any atom is -0.497 e. The number of nitrogens with one attached hydrogen (secondary N) is 3. The van der Waals surface area contributed by atoms with Crippen LogP contribution in [0.5, 0.6) is 11.5 Å². The molecule has 25 heavy (non-hydrogen) atoms. The number of anilines is 1. The van der Waals surface area contributed by atoms with E-state index in [2.05, 4.69) is 46.8 Å². The first kappa shape index (κ1) is 17.1. The van der Waals surface area contributed by atoms with E-state index < -0.39 is 0 Å². The van der Waals surface area contributed by atoms with Gasteiger partial charge in [-0.05, 0) is 60.4 Å². The first-order valence-corrected chi connectivity index (χ1v) is 8.35. The van der Waals surface area contributed by atoms with Gasteiger partial charge in [-0.25, -0.2) is 0 Å². The van der Waals surface area contributed by atoms with E-state index in [1.807, 2.05) is 18.2 Å². The second kappa shape index (κ2) is 7.44. The van der Waals surface area contributed by atoms with Crippen LogP contribution in [-0.2, 0) is 6.54 Å². The maximum absolute atomic E-state index is 5.40. The molecule has 0 saturated carbocycles. The van der Waals surface area contributed by atoms with Gasteiger partial charge in [-0.2, -0.15) is 0 Å². The molecule has 2 aromatic carbocycles. The van der Waals surface area contributed by atoms with E-state index in [9.17, 15) is 0 Å².